The molecule has 0 aliphatic rings. The first-order chi connectivity index (χ1) is 10.2. The van der Waals surface area contributed by atoms with E-state index in [1.807, 2.05) is 18.3 Å². The van der Waals surface area contributed by atoms with E-state index >= 15 is 0 Å². The van der Waals surface area contributed by atoms with Gasteiger partial charge in [0, 0.05) is 25.1 Å². The molecule has 0 aliphatic carbocycles. The monoisotopic (exact) mass is 286 g/mol. The number of aromatic nitrogens is 2. The third kappa shape index (κ3) is 3.92. The number of anilines is 2. The highest BCUT2D eigenvalue weighted by molar-refractivity contribution is 5.97. The molecule has 0 saturated heterocycles. The van der Waals surface area contributed by atoms with Crippen LogP contribution in [0.4, 0.5) is 11.5 Å². The van der Waals surface area contributed by atoms with Crippen molar-refractivity contribution in [3.8, 4) is 0 Å². The van der Waals surface area contributed by atoms with Crippen molar-refractivity contribution in [3.63, 3.8) is 0 Å². The molecule has 0 saturated carbocycles. The van der Waals surface area contributed by atoms with Gasteiger partial charge in [-0.15, -0.1) is 0 Å². The molecule has 0 fully saturated rings. The van der Waals surface area contributed by atoms with Gasteiger partial charge in [0.1, 0.15) is 5.82 Å². The van der Waals surface area contributed by atoms with Crippen molar-refractivity contribution in [2.24, 2.45) is 0 Å². The van der Waals surface area contributed by atoms with Crippen LogP contribution in [-0.4, -0.2) is 29.1 Å². The third-order valence-corrected chi connectivity index (χ3v) is 2.91. The Hall–Kier alpha value is -2.63. The fraction of sp³-hybridized carbons (Fsp3) is 0.267. The predicted molar refractivity (Wildman–Crippen MR) is 81.0 cm³/mol. The molecule has 2 aromatic rings. The van der Waals surface area contributed by atoms with E-state index in [1.165, 1.54) is 6.20 Å². The van der Waals surface area contributed by atoms with E-state index in [-0.39, 0.29) is 0 Å². The van der Waals surface area contributed by atoms with E-state index in [0.717, 1.165) is 12.0 Å². The lowest BCUT2D eigenvalue weighted by Crippen LogP contribution is -2.13. The summed E-state index contributed by atoms with van der Waals surface area (Å²) in [6.07, 6.45) is 5.88. The Morgan fingerprint density at radius 1 is 1.38 bits per heavy atom. The second-order valence-corrected chi connectivity index (χ2v) is 4.38. The van der Waals surface area contributed by atoms with Gasteiger partial charge in [-0.1, -0.05) is 6.07 Å². The van der Waals surface area contributed by atoms with Crippen LogP contribution in [0.3, 0.4) is 0 Å². The van der Waals surface area contributed by atoms with Gasteiger partial charge in [-0.25, -0.2) is 9.78 Å². The van der Waals surface area contributed by atoms with Crippen molar-refractivity contribution < 1.29 is 9.53 Å². The van der Waals surface area contributed by atoms with Crippen LogP contribution in [0.25, 0.3) is 0 Å². The van der Waals surface area contributed by atoms with Gasteiger partial charge in [-0.2, -0.15) is 0 Å². The van der Waals surface area contributed by atoms with Crippen LogP contribution in [-0.2, 0) is 11.2 Å². The Labute approximate surface area is 123 Å². The van der Waals surface area contributed by atoms with E-state index < -0.39 is 5.97 Å². The lowest BCUT2D eigenvalue weighted by atomic mass is 10.2. The maximum Gasteiger partial charge on any atom is 0.340 e. The molecular weight excluding hydrogens is 268 g/mol. The number of hydrogen-bond acceptors (Lipinski definition) is 6. The van der Waals surface area contributed by atoms with Gasteiger partial charge in [0.05, 0.1) is 17.9 Å². The smallest absolute Gasteiger partial charge is 0.340 e. The van der Waals surface area contributed by atoms with Crippen LogP contribution >= 0.6 is 0 Å². The lowest BCUT2D eigenvalue weighted by molar-refractivity contribution is 0.0527. The Morgan fingerprint density at radius 3 is 2.95 bits per heavy atom. The SMILES string of the molecule is CCOC(=O)c1ccnc(NCCc2cccnc2)c1N. The average Bonchev–Trinajstić information content (AvgIpc) is 2.50. The molecule has 3 N–H and O–H groups in total. The largest absolute Gasteiger partial charge is 0.462 e. The van der Waals surface area contributed by atoms with Gasteiger partial charge in [-0.05, 0) is 31.0 Å². The summed E-state index contributed by atoms with van der Waals surface area (Å²) in [5.74, 6) is 0.0529. The lowest BCUT2D eigenvalue weighted by Gasteiger charge is -2.11. The number of carbonyl (C=O) groups is 1. The van der Waals surface area contributed by atoms with Gasteiger partial charge in [0.2, 0.25) is 0 Å². The van der Waals surface area contributed by atoms with E-state index in [0.29, 0.717) is 30.2 Å². The molecule has 2 rings (SSSR count). The molecule has 2 heterocycles. The van der Waals surface area contributed by atoms with Crippen LogP contribution in [0.1, 0.15) is 22.8 Å². The highest BCUT2D eigenvalue weighted by atomic mass is 16.5. The summed E-state index contributed by atoms with van der Waals surface area (Å²) in [4.78, 5) is 20.0. The predicted octanol–water partition coefficient (Wildman–Crippen LogP) is 1.89. The first kappa shape index (κ1) is 14.8. The van der Waals surface area contributed by atoms with Crippen molar-refractivity contribution >= 4 is 17.5 Å². The zero-order valence-corrected chi connectivity index (χ0v) is 11.9. The van der Waals surface area contributed by atoms with Crippen molar-refractivity contribution in [1.29, 1.82) is 0 Å². The second kappa shape index (κ2) is 7.23. The second-order valence-electron chi connectivity index (χ2n) is 4.38. The molecule has 0 aliphatic heterocycles. The fourth-order valence-corrected chi connectivity index (χ4v) is 1.87. The van der Waals surface area contributed by atoms with Crippen LogP contribution in [0.5, 0.6) is 0 Å². The summed E-state index contributed by atoms with van der Waals surface area (Å²) in [5.41, 5.74) is 7.71. The number of nitrogens with two attached hydrogens (primary N) is 1. The van der Waals surface area contributed by atoms with Crippen molar-refractivity contribution in [1.82, 2.24) is 9.97 Å². The number of esters is 1. The zero-order valence-electron chi connectivity index (χ0n) is 11.9. The van der Waals surface area contributed by atoms with E-state index in [1.54, 1.807) is 19.2 Å². The molecule has 0 unspecified atom stereocenters. The van der Waals surface area contributed by atoms with Crippen LogP contribution in [0, 0.1) is 0 Å². The van der Waals surface area contributed by atoms with E-state index in [2.05, 4.69) is 15.3 Å². The molecule has 6 nitrogen and oxygen atoms in total. The van der Waals surface area contributed by atoms with Crippen molar-refractivity contribution in [2.75, 3.05) is 24.2 Å². The van der Waals surface area contributed by atoms with Gasteiger partial charge >= 0.3 is 5.97 Å². The summed E-state index contributed by atoms with van der Waals surface area (Å²) in [6, 6.07) is 5.45. The first-order valence-corrected chi connectivity index (χ1v) is 6.76. The average molecular weight is 286 g/mol. The molecule has 2 aromatic heterocycles. The minimum atomic E-state index is -0.437. The molecule has 0 spiro atoms. The molecule has 0 atom stereocenters. The number of pyridine rings is 2. The minimum Gasteiger partial charge on any atom is -0.462 e. The highest BCUT2D eigenvalue weighted by Gasteiger charge is 2.14. The first-order valence-electron chi connectivity index (χ1n) is 6.76. The quantitative estimate of drug-likeness (QED) is 0.788. The van der Waals surface area contributed by atoms with Crippen LogP contribution < -0.4 is 11.1 Å². The van der Waals surface area contributed by atoms with E-state index in [9.17, 15) is 4.79 Å². The number of carbonyl (C=O) groups excluding carboxylic acids is 1. The summed E-state index contributed by atoms with van der Waals surface area (Å²) >= 11 is 0. The fourth-order valence-electron chi connectivity index (χ4n) is 1.87. The number of rotatable bonds is 6. The van der Waals surface area contributed by atoms with Gasteiger partial charge in [-0.3, -0.25) is 4.98 Å². The molecule has 0 aromatic carbocycles. The molecular formula is C15H18N4O2. The minimum absolute atomic E-state index is 0.308. The number of nitrogens with one attached hydrogen (secondary N) is 1. The van der Waals surface area contributed by atoms with Gasteiger partial charge in [0.15, 0.2) is 0 Å². The molecule has 21 heavy (non-hydrogen) atoms. The Balaban J connectivity index is 2.00. The summed E-state index contributed by atoms with van der Waals surface area (Å²) in [6.45, 7) is 2.71. The molecule has 6 heteroatoms. The van der Waals surface area contributed by atoms with E-state index in [4.69, 9.17) is 10.5 Å². The topological polar surface area (TPSA) is 90.1 Å². The molecule has 0 bridgehead atoms. The maximum absolute atomic E-state index is 11.7. The Kier molecular flexibility index (Phi) is 5.09. The molecule has 0 amide bonds. The van der Waals surface area contributed by atoms with Gasteiger partial charge in [0.25, 0.3) is 0 Å². The Morgan fingerprint density at radius 2 is 2.24 bits per heavy atom. The third-order valence-electron chi connectivity index (χ3n) is 2.91. The number of ether oxygens (including phenoxy) is 1. The standard InChI is InChI=1S/C15H18N4O2/c1-2-21-15(20)12-6-9-19-14(13(12)16)18-8-5-11-4-3-7-17-10-11/h3-4,6-7,9-10H,2,5,8,16H2,1H3,(H,18,19). The van der Waals surface area contributed by atoms with Crippen LogP contribution in [0.15, 0.2) is 36.8 Å². The van der Waals surface area contributed by atoms with Gasteiger partial charge < -0.3 is 15.8 Å². The molecule has 110 valence electrons. The summed E-state index contributed by atoms with van der Waals surface area (Å²) in [5, 5.41) is 3.13. The number of nitrogens with zero attached hydrogens (tertiary/aromatic N) is 2. The Bertz CT molecular complexity index is 602. The number of hydrogen-bond donors (Lipinski definition) is 2. The van der Waals surface area contributed by atoms with Crippen LogP contribution in [0.2, 0.25) is 0 Å². The zero-order chi connectivity index (χ0) is 15.1. The van der Waals surface area contributed by atoms with Crippen molar-refractivity contribution in [2.45, 2.75) is 13.3 Å². The number of nitrogen functional groups attached to an aromatic ring is 1. The normalized spacial score (nSPS) is 10.1. The highest BCUT2D eigenvalue weighted by Crippen LogP contribution is 2.20. The summed E-state index contributed by atoms with van der Waals surface area (Å²) < 4.78 is 4.95. The summed E-state index contributed by atoms with van der Waals surface area (Å²) in [7, 11) is 0. The van der Waals surface area contributed by atoms with Crippen molar-refractivity contribution in [3.05, 3.63) is 47.9 Å². The molecule has 0 radical (unpaired) electrons. The maximum atomic E-state index is 11.7.